The summed E-state index contributed by atoms with van der Waals surface area (Å²) < 4.78 is 0. The first-order valence-electron chi connectivity index (χ1n) is 7.93. The highest BCUT2D eigenvalue weighted by Crippen LogP contribution is 2.18. The van der Waals surface area contributed by atoms with Crippen molar-refractivity contribution in [1.29, 1.82) is 0 Å². The van der Waals surface area contributed by atoms with Crippen molar-refractivity contribution in [1.82, 2.24) is 9.80 Å². The molecule has 2 aliphatic rings. The van der Waals surface area contributed by atoms with E-state index in [2.05, 4.69) is 34.1 Å². The van der Waals surface area contributed by atoms with E-state index in [0.29, 0.717) is 0 Å². The molecule has 0 amide bonds. The molecule has 0 bridgehead atoms. The van der Waals surface area contributed by atoms with Gasteiger partial charge in [-0.2, -0.15) is 0 Å². The first-order chi connectivity index (χ1) is 9.42. The second-order valence-corrected chi connectivity index (χ2v) is 6.05. The van der Waals surface area contributed by atoms with Crippen molar-refractivity contribution in [3.63, 3.8) is 0 Å². The molecule has 2 nitrogen and oxygen atoms in total. The van der Waals surface area contributed by atoms with Gasteiger partial charge in [-0.1, -0.05) is 37.1 Å². The fraction of sp³-hybridized carbons (Fsp3) is 0.647. The number of fused-ring (bicyclic) bond motifs is 1. The van der Waals surface area contributed by atoms with Crippen molar-refractivity contribution in [2.45, 2.75) is 38.6 Å². The smallest absolute Gasteiger partial charge is 0.0237 e. The van der Waals surface area contributed by atoms with Crippen LogP contribution < -0.4 is 0 Å². The minimum Gasteiger partial charge on any atom is -0.302 e. The highest BCUT2D eigenvalue weighted by molar-refractivity contribution is 5.28. The van der Waals surface area contributed by atoms with E-state index in [1.807, 2.05) is 0 Å². The quantitative estimate of drug-likeness (QED) is 0.822. The summed E-state index contributed by atoms with van der Waals surface area (Å²) in [6.07, 6.45) is 6.92. The Labute approximate surface area is 117 Å². The van der Waals surface area contributed by atoms with Crippen molar-refractivity contribution in [3.8, 4) is 0 Å². The SMILES string of the molecule is c1ccc2c(c1)CCN(CCN1CCCCCC1)C2. The van der Waals surface area contributed by atoms with E-state index in [-0.39, 0.29) is 0 Å². The maximum Gasteiger partial charge on any atom is 0.0237 e. The minimum absolute atomic E-state index is 1.16. The molecule has 1 aromatic rings. The Balaban J connectivity index is 1.49. The molecule has 1 fully saturated rings. The second kappa shape index (κ2) is 6.53. The number of hydrogen-bond acceptors (Lipinski definition) is 2. The molecule has 0 aromatic heterocycles. The predicted molar refractivity (Wildman–Crippen MR) is 80.3 cm³/mol. The lowest BCUT2D eigenvalue weighted by Gasteiger charge is -2.31. The van der Waals surface area contributed by atoms with Gasteiger partial charge in [-0.05, 0) is 43.5 Å². The number of likely N-dealkylation sites (tertiary alicyclic amines) is 1. The number of benzene rings is 1. The summed E-state index contributed by atoms with van der Waals surface area (Å²) >= 11 is 0. The minimum atomic E-state index is 1.16. The molecule has 3 rings (SSSR count). The third kappa shape index (κ3) is 3.58. The average Bonchev–Trinajstić information content (AvgIpc) is 2.73. The van der Waals surface area contributed by atoms with Crippen molar-refractivity contribution in [2.24, 2.45) is 0 Å². The lowest BCUT2D eigenvalue weighted by molar-refractivity contribution is 0.196. The molecule has 0 aliphatic carbocycles. The van der Waals surface area contributed by atoms with Crippen molar-refractivity contribution in [2.75, 3.05) is 32.7 Å². The third-order valence-electron chi connectivity index (χ3n) is 4.64. The van der Waals surface area contributed by atoms with Crippen LogP contribution in [-0.4, -0.2) is 42.5 Å². The molecule has 0 unspecified atom stereocenters. The van der Waals surface area contributed by atoms with Crippen LogP contribution in [-0.2, 0) is 13.0 Å². The van der Waals surface area contributed by atoms with E-state index in [1.165, 1.54) is 64.8 Å². The molecule has 2 aliphatic heterocycles. The van der Waals surface area contributed by atoms with Crippen LogP contribution in [0.2, 0.25) is 0 Å². The van der Waals surface area contributed by atoms with Gasteiger partial charge in [0.1, 0.15) is 0 Å². The van der Waals surface area contributed by atoms with Gasteiger partial charge in [-0.3, -0.25) is 4.90 Å². The average molecular weight is 258 g/mol. The van der Waals surface area contributed by atoms with Gasteiger partial charge < -0.3 is 4.90 Å². The van der Waals surface area contributed by atoms with Crippen molar-refractivity contribution >= 4 is 0 Å². The highest BCUT2D eigenvalue weighted by atomic mass is 15.2. The second-order valence-electron chi connectivity index (χ2n) is 6.05. The van der Waals surface area contributed by atoms with Crippen molar-refractivity contribution in [3.05, 3.63) is 35.4 Å². The molecular formula is C17H26N2. The van der Waals surface area contributed by atoms with Crippen LogP contribution in [0.5, 0.6) is 0 Å². The van der Waals surface area contributed by atoms with Gasteiger partial charge in [0.05, 0.1) is 0 Å². The van der Waals surface area contributed by atoms with Gasteiger partial charge in [-0.25, -0.2) is 0 Å². The molecule has 0 saturated carbocycles. The monoisotopic (exact) mass is 258 g/mol. The highest BCUT2D eigenvalue weighted by Gasteiger charge is 2.16. The largest absolute Gasteiger partial charge is 0.302 e. The molecule has 0 N–H and O–H groups in total. The summed E-state index contributed by atoms with van der Waals surface area (Å²) in [6, 6.07) is 8.94. The molecule has 1 aromatic carbocycles. The molecule has 2 heterocycles. The van der Waals surface area contributed by atoms with Crippen molar-refractivity contribution < 1.29 is 0 Å². The van der Waals surface area contributed by atoms with Crippen LogP contribution in [0.25, 0.3) is 0 Å². The number of hydrogen-bond donors (Lipinski definition) is 0. The third-order valence-corrected chi connectivity index (χ3v) is 4.64. The fourth-order valence-electron chi connectivity index (χ4n) is 3.39. The maximum absolute atomic E-state index is 2.67. The molecule has 0 spiro atoms. The fourth-order valence-corrected chi connectivity index (χ4v) is 3.39. The molecule has 1 saturated heterocycles. The van der Waals surface area contributed by atoms with E-state index < -0.39 is 0 Å². The van der Waals surface area contributed by atoms with Crippen LogP contribution in [0, 0.1) is 0 Å². The molecule has 0 radical (unpaired) electrons. The summed E-state index contributed by atoms with van der Waals surface area (Å²) in [5.41, 5.74) is 3.11. The number of nitrogens with zero attached hydrogens (tertiary/aromatic N) is 2. The normalized spacial score (nSPS) is 21.9. The molecule has 2 heteroatoms. The summed E-state index contributed by atoms with van der Waals surface area (Å²) in [5.74, 6) is 0. The topological polar surface area (TPSA) is 6.48 Å². The van der Waals surface area contributed by atoms with E-state index in [9.17, 15) is 0 Å². The maximum atomic E-state index is 2.67. The molecule has 104 valence electrons. The lowest BCUT2D eigenvalue weighted by Crippen LogP contribution is -2.38. The standard InChI is InChI=1S/C17H26N2/c1-2-6-11-18(10-5-1)13-14-19-12-9-16-7-3-4-8-17(16)15-19/h3-4,7-8H,1-2,5-6,9-15H2. The van der Waals surface area contributed by atoms with Gasteiger partial charge in [0, 0.05) is 26.2 Å². The Morgan fingerprint density at radius 1 is 0.737 bits per heavy atom. The molecule has 19 heavy (non-hydrogen) atoms. The Bertz CT molecular complexity index is 394. The zero-order valence-corrected chi connectivity index (χ0v) is 12.0. The van der Waals surface area contributed by atoms with Crippen LogP contribution in [0.3, 0.4) is 0 Å². The summed E-state index contributed by atoms with van der Waals surface area (Å²) in [4.78, 5) is 5.31. The number of rotatable bonds is 3. The Morgan fingerprint density at radius 2 is 1.42 bits per heavy atom. The molecule has 0 atom stereocenters. The van der Waals surface area contributed by atoms with Gasteiger partial charge in [0.15, 0.2) is 0 Å². The Morgan fingerprint density at radius 3 is 2.21 bits per heavy atom. The van der Waals surface area contributed by atoms with Crippen LogP contribution in [0.15, 0.2) is 24.3 Å². The van der Waals surface area contributed by atoms with E-state index in [0.717, 1.165) is 6.54 Å². The van der Waals surface area contributed by atoms with Gasteiger partial charge in [0.2, 0.25) is 0 Å². The zero-order valence-electron chi connectivity index (χ0n) is 12.0. The van der Waals surface area contributed by atoms with Gasteiger partial charge in [0.25, 0.3) is 0 Å². The van der Waals surface area contributed by atoms with Crippen LogP contribution >= 0.6 is 0 Å². The summed E-state index contributed by atoms with van der Waals surface area (Å²) in [6.45, 7) is 7.56. The van der Waals surface area contributed by atoms with E-state index in [1.54, 1.807) is 11.1 Å². The lowest BCUT2D eigenvalue weighted by atomic mass is 10.00. The first-order valence-corrected chi connectivity index (χ1v) is 7.93. The molecular weight excluding hydrogens is 232 g/mol. The van der Waals surface area contributed by atoms with Crippen LogP contribution in [0.4, 0.5) is 0 Å². The van der Waals surface area contributed by atoms with Crippen LogP contribution in [0.1, 0.15) is 36.8 Å². The summed E-state index contributed by atoms with van der Waals surface area (Å²) in [7, 11) is 0. The van der Waals surface area contributed by atoms with Gasteiger partial charge >= 0.3 is 0 Å². The zero-order chi connectivity index (χ0) is 12.9. The first kappa shape index (κ1) is 13.1. The Kier molecular flexibility index (Phi) is 4.52. The van der Waals surface area contributed by atoms with E-state index >= 15 is 0 Å². The van der Waals surface area contributed by atoms with E-state index in [4.69, 9.17) is 0 Å². The van der Waals surface area contributed by atoms with Gasteiger partial charge in [-0.15, -0.1) is 0 Å². The summed E-state index contributed by atoms with van der Waals surface area (Å²) in [5, 5.41) is 0. The Hall–Kier alpha value is -0.860. The predicted octanol–water partition coefficient (Wildman–Crippen LogP) is 2.92.